The van der Waals surface area contributed by atoms with E-state index in [9.17, 15) is 0 Å². The summed E-state index contributed by atoms with van der Waals surface area (Å²) in [7, 11) is 0. The Labute approximate surface area is 79.1 Å². The summed E-state index contributed by atoms with van der Waals surface area (Å²) in [4.78, 5) is 0. The zero-order valence-electron chi connectivity index (χ0n) is 4.74. The van der Waals surface area contributed by atoms with Gasteiger partial charge in [0.15, 0.2) is 0 Å². The number of hydrogen-bond acceptors (Lipinski definition) is 0. The van der Waals surface area contributed by atoms with Gasteiger partial charge in [-0.05, 0) is 0 Å². The molecule has 0 saturated carbocycles. The molecule has 56 valence electrons. The summed E-state index contributed by atoms with van der Waals surface area (Å²) in [6.07, 6.45) is 0. The third-order valence-electron chi connectivity index (χ3n) is 1.07. The van der Waals surface area contributed by atoms with Gasteiger partial charge in [-0.25, -0.2) is 6.07 Å². The van der Waals surface area contributed by atoms with Gasteiger partial charge in [0.25, 0.3) is 0 Å². The van der Waals surface area contributed by atoms with Crippen LogP contribution in [0.2, 0.25) is 5.02 Å². The molecule has 0 fully saturated rings. The van der Waals surface area contributed by atoms with Crippen LogP contribution in [0.3, 0.4) is 0 Å². The first kappa shape index (κ1) is 8.82. The lowest BCUT2D eigenvalue weighted by Gasteiger charge is -2.13. The van der Waals surface area contributed by atoms with Crippen molar-refractivity contribution >= 4 is 56.0 Å². The highest BCUT2D eigenvalue weighted by Crippen LogP contribution is 2.23. The first-order valence-corrected chi connectivity index (χ1v) is 7.91. The van der Waals surface area contributed by atoms with Crippen molar-refractivity contribution < 1.29 is 0 Å². The molecule has 5 heteroatoms. The fraction of sp³-hybridized carbons (Fsp3) is 0. The SMILES string of the molecule is Clc1[cH-]ccc1[Si](Cl)(Cl)Cl. The first-order valence-electron chi connectivity index (χ1n) is 2.50. The zero-order chi connectivity index (χ0) is 7.78. The molecule has 0 aliphatic heterocycles. The standard InChI is InChI=1S/C5H3Cl4Si/c6-4-2-1-3-5(4)10(7,8)9/h1-3H/q-1. The Bertz CT molecular complexity index is 224. The van der Waals surface area contributed by atoms with Gasteiger partial charge in [-0.3, -0.25) is 0 Å². The maximum absolute atomic E-state index is 5.71. The molecule has 0 bridgehead atoms. The molecule has 1 aromatic carbocycles. The number of halogens is 4. The van der Waals surface area contributed by atoms with Crippen LogP contribution < -0.4 is 5.19 Å². The lowest BCUT2D eigenvalue weighted by molar-refractivity contribution is 2.02. The van der Waals surface area contributed by atoms with Gasteiger partial charge in [0, 0.05) is 0 Å². The number of hydrogen-bond donors (Lipinski definition) is 0. The second-order valence-corrected chi connectivity index (χ2v) is 10.6. The molecule has 0 aromatic heterocycles. The van der Waals surface area contributed by atoms with Gasteiger partial charge in [0.1, 0.15) is 0 Å². The molecule has 0 unspecified atom stereocenters. The van der Waals surface area contributed by atoms with E-state index in [2.05, 4.69) is 0 Å². The molecule has 0 amide bonds. The molecule has 10 heavy (non-hydrogen) atoms. The van der Waals surface area contributed by atoms with E-state index >= 15 is 0 Å². The van der Waals surface area contributed by atoms with Crippen LogP contribution in [0.25, 0.3) is 0 Å². The van der Waals surface area contributed by atoms with Crippen molar-refractivity contribution in [3.05, 3.63) is 23.2 Å². The molecule has 0 heterocycles. The third kappa shape index (κ3) is 1.86. The second kappa shape index (κ2) is 3.00. The van der Waals surface area contributed by atoms with E-state index in [1.807, 2.05) is 0 Å². The maximum atomic E-state index is 5.71. The molecule has 1 rings (SSSR count). The minimum absolute atomic E-state index is 0.548. The summed E-state index contributed by atoms with van der Waals surface area (Å²) >= 11 is 22.8. The normalized spacial score (nSPS) is 12.0. The highest BCUT2D eigenvalue weighted by Gasteiger charge is 2.22. The summed E-state index contributed by atoms with van der Waals surface area (Å²) in [6.45, 7) is 0. The predicted octanol–water partition coefficient (Wildman–Crippen LogP) is 2.92. The van der Waals surface area contributed by atoms with Crippen LogP contribution >= 0.6 is 44.8 Å². The Morgan fingerprint density at radius 1 is 1.30 bits per heavy atom. The van der Waals surface area contributed by atoms with Gasteiger partial charge in [0.2, 0.25) is 0 Å². The van der Waals surface area contributed by atoms with Crippen molar-refractivity contribution in [3.63, 3.8) is 0 Å². The fourth-order valence-electron chi connectivity index (χ4n) is 0.628. The van der Waals surface area contributed by atoms with Crippen LogP contribution in [-0.4, -0.2) is 6.00 Å². The van der Waals surface area contributed by atoms with Gasteiger partial charge in [0.05, 0.1) is 0 Å². The van der Waals surface area contributed by atoms with E-state index in [4.69, 9.17) is 44.8 Å². The van der Waals surface area contributed by atoms with E-state index < -0.39 is 6.00 Å². The molecule has 0 saturated heterocycles. The molecule has 0 nitrogen and oxygen atoms in total. The van der Waals surface area contributed by atoms with Crippen molar-refractivity contribution in [1.82, 2.24) is 0 Å². The zero-order valence-corrected chi connectivity index (χ0v) is 8.77. The summed E-state index contributed by atoms with van der Waals surface area (Å²) < 4.78 is 0. The Balaban J connectivity index is 3.05. The molecule has 0 N–H and O–H groups in total. The lowest BCUT2D eigenvalue weighted by atomic mass is 10.7. The van der Waals surface area contributed by atoms with Crippen molar-refractivity contribution in [2.45, 2.75) is 0 Å². The smallest absolute Gasteiger partial charge is 0.208 e. The Hall–Kier alpha value is 0.727. The van der Waals surface area contributed by atoms with E-state index in [1.54, 1.807) is 18.2 Å². The highest BCUT2D eigenvalue weighted by atomic mass is 35.8. The molecule has 0 aliphatic carbocycles. The van der Waals surface area contributed by atoms with Crippen LogP contribution in [0.1, 0.15) is 0 Å². The summed E-state index contributed by atoms with van der Waals surface area (Å²) in [5.41, 5.74) is 0. The first-order chi connectivity index (χ1) is 4.52. The van der Waals surface area contributed by atoms with Gasteiger partial charge in [-0.1, -0.05) is 5.02 Å². The molecule has 0 aliphatic rings. The molecular formula is C5H3Cl4Si-. The van der Waals surface area contributed by atoms with Gasteiger partial charge in [-0.2, -0.15) is 12.1 Å². The Morgan fingerprint density at radius 3 is 2.10 bits per heavy atom. The Kier molecular flexibility index (Phi) is 2.64. The van der Waals surface area contributed by atoms with E-state index in [0.29, 0.717) is 10.2 Å². The van der Waals surface area contributed by atoms with Crippen LogP contribution in [0.15, 0.2) is 18.2 Å². The molecule has 0 spiro atoms. The highest BCUT2D eigenvalue weighted by molar-refractivity contribution is 7.69. The van der Waals surface area contributed by atoms with Crippen LogP contribution in [0, 0.1) is 0 Å². The fourth-order valence-corrected chi connectivity index (χ4v) is 3.75. The van der Waals surface area contributed by atoms with Crippen molar-refractivity contribution in [2.24, 2.45) is 0 Å². The molecule has 0 atom stereocenters. The summed E-state index contributed by atoms with van der Waals surface area (Å²) in [5.74, 6) is 0. The third-order valence-corrected chi connectivity index (χ3v) is 4.44. The van der Waals surface area contributed by atoms with E-state index in [-0.39, 0.29) is 0 Å². The van der Waals surface area contributed by atoms with Crippen molar-refractivity contribution in [2.75, 3.05) is 0 Å². The second-order valence-electron chi connectivity index (χ2n) is 1.79. The average molecular weight is 233 g/mol. The monoisotopic (exact) mass is 231 g/mol. The summed E-state index contributed by atoms with van der Waals surface area (Å²) in [6, 6.07) is 2.48. The number of rotatable bonds is 1. The van der Waals surface area contributed by atoms with Gasteiger partial charge < -0.3 is 0 Å². The molecule has 0 radical (unpaired) electrons. The maximum Gasteiger partial charge on any atom is 0.307 e. The lowest BCUT2D eigenvalue weighted by Crippen LogP contribution is -2.29. The largest absolute Gasteiger partial charge is 0.307 e. The van der Waals surface area contributed by atoms with Gasteiger partial charge in [-0.15, -0.1) is 50.0 Å². The minimum atomic E-state index is -2.74. The topological polar surface area (TPSA) is 0 Å². The van der Waals surface area contributed by atoms with Crippen molar-refractivity contribution in [3.8, 4) is 0 Å². The quantitative estimate of drug-likeness (QED) is 0.397. The van der Waals surface area contributed by atoms with Crippen LogP contribution in [0.5, 0.6) is 0 Å². The molecular weight excluding hydrogens is 230 g/mol. The van der Waals surface area contributed by atoms with Crippen LogP contribution in [0.4, 0.5) is 0 Å². The van der Waals surface area contributed by atoms with E-state index in [0.717, 1.165) is 0 Å². The summed E-state index contributed by atoms with van der Waals surface area (Å²) in [5, 5.41) is 1.21. The van der Waals surface area contributed by atoms with Crippen LogP contribution in [-0.2, 0) is 0 Å². The average Bonchev–Trinajstić information content (AvgIpc) is 2.11. The molecule has 1 aromatic rings. The van der Waals surface area contributed by atoms with E-state index in [1.165, 1.54) is 0 Å². The minimum Gasteiger partial charge on any atom is -0.208 e. The Morgan fingerprint density at radius 2 is 1.90 bits per heavy atom. The van der Waals surface area contributed by atoms with Gasteiger partial charge >= 0.3 is 6.00 Å². The van der Waals surface area contributed by atoms with Crippen molar-refractivity contribution in [1.29, 1.82) is 0 Å². The predicted molar refractivity (Wildman–Crippen MR) is 50.0 cm³/mol.